The Morgan fingerprint density at radius 3 is 2.16 bits per heavy atom. The van der Waals surface area contributed by atoms with Gasteiger partial charge in [0.05, 0.1) is 0 Å². The molecule has 19 heavy (non-hydrogen) atoms. The monoisotopic (exact) mass is 278 g/mol. The molecule has 106 valence electrons. The molecule has 3 heteroatoms. The molecule has 1 saturated heterocycles. The van der Waals surface area contributed by atoms with Crippen LogP contribution in [0.15, 0.2) is 29.2 Å². The highest BCUT2D eigenvalue weighted by atomic mass is 32.2. The van der Waals surface area contributed by atoms with E-state index >= 15 is 0 Å². The van der Waals surface area contributed by atoms with Crippen LogP contribution < -0.4 is 5.32 Å². The quantitative estimate of drug-likeness (QED) is 0.853. The van der Waals surface area contributed by atoms with Crippen molar-refractivity contribution in [2.75, 3.05) is 32.4 Å². The average Bonchev–Trinajstić information content (AvgIpc) is 2.39. The van der Waals surface area contributed by atoms with Crippen LogP contribution in [0.25, 0.3) is 0 Å². The average molecular weight is 278 g/mol. The molecule has 1 fully saturated rings. The summed E-state index contributed by atoms with van der Waals surface area (Å²) in [5.74, 6) is 0. The molecule has 1 atom stereocenters. The second-order valence-electron chi connectivity index (χ2n) is 6.33. The third-order valence-electron chi connectivity index (χ3n) is 3.77. The summed E-state index contributed by atoms with van der Waals surface area (Å²) >= 11 is 1.81. The summed E-state index contributed by atoms with van der Waals surface area (Å²) in [5, 5.41) is 3.45. The molecular formula is C16H26N2S. The Balaban J connectivity index is 2.25. The first-order valence-corrected chi connectivity index (χ1v) is 8.33. The molecule has 0 aliphatic carbocycles. The van der Waals surface area contributed by atoms with Gasteiger partial charge in [0.25, 0.3) is 0 Å². The van der Waals surface area contributed by atoms with Crippen LogP contribution in [0.2, 0.25) is 0 Å². The van der Waals surface area contributed by atoms with Crippen LogP contribution in [0.3, 0.4) is 0 Å². The lowest BCUT2D eigenvalue weighted by Gasteiger charge is -2.42. The number of rotatable bonds is 3. The second kappa shape index (κ2) is 6.29. The molecule has 0 unspecified atom stereocenters. The third kappa shape index (κ3) is 3.74. The zero-order valence-corrected chi connectivity index (χ0v) is 13.4. The molecule has 0 bridgehead atoms. The van der Waals surface area contributed by atoms with Crippen molar-refractivity contribution in [3.05, 3.63) is 29.8 Å². The number of hydrogen-bond donors (Lipinski definition) is 1. The van der Waals surface area contributed by atoms with E-state index in [0.717, 1.165) is 26.2 Å². The van der Waals surface area contributed by atoms with Gasteiger partial charge in [0.1, 0.15) is 0 Å². The number of nitrogens with zero attached hydrogens (tertiary/aromatic N) is 1. The Morgan fingerprint density at radius 2 is 1.68 bits per heavy atom. The number of hydrogen-bond acceptors (Lipinski definition) is 3. The van der Waals surface area contributed by atoms with E-state index in [4.69, 9.17) is 0 Å². The van der Waals surface area contributed by atoms with Crippen molar-refractivity contribution in [2.45, 2.75) is 31.7 Å². The molecule has 2 rings (SSSR count). The van der Waals surface area contributed by atoms with E-state index in [9.17, 15) is 0 Å². The highest BCUT2D eigenvalue weighted by Crippen LogP contribution is 2.38. The minimum Gasteiger partial charge on any atom is -0.314 e. The Kier molecular flexibility index (Phi) is 4.93. The van der Waals surface area contributed by atoms with E-state index in [1.54, 1.807) is 0 Å². The van der Waals surface area contributed by atoms with Crippen molar-refractivity contribution in [3.8, 4) is 0 Å². The normalized spacial score (nSPS) is 19.4. The lowest BCUT2D eigenvalue weighted by Crippen LogP contribution is -2.48. The van der Waals surface area contributed by atoms with Crippen molar-refractivity contribution in [3.63, 3.8) is 0 Å². The molecule has 1 N–H and O–H groups in total. The van der Waals surface area contributed by atoms with Gasteiger partial charge in [-0.3, -0.25) is 4.90 Å². The molecule has 1 aliphatic heterocycles. The van der Waals surface area contributed by atoms with Gasteiger partial charge in [0.15, 0.2) is 0 Å². The maximum absolute atomic E-state index is 3.45. The van der Waals surface area contributed by atoms with Crippen LogP contribution >= 0.6 is 11.8 Å². The van der Waals surface area contributed by atoms with E-state index in [1.807, 2.05) is 11.8 Å². The first kappa shape index (κ1) is 14.9. The summed E-state index contributed by atoms with van der Waals surface area (Å²) in [5.41, 5.74) is 1.71. The Morgan fingerprint density at radius 1 is 1.11 bits per heavy atom. The van der Waals surface area contributed by atoms with Crippen LogP contribution in [0, 0.1) is 5.41 Å². The van der Waals surface area contributed by atoms with E-state index < -0.39 is 0 Å². The predicted octanol–water partition coefficient (Wildman–Crippen LogP) is 3.40. The van der Waals surface area contributed by atoms with Gasteiger partial charge in [-0.05, 0) is 29.4 Å². The van der Waals surface area contributed by atoms with Crippen LogP contribution in [0.4, 0.5) is 0 Å². The Labute approximate surface area is 122 Å². The van der Waals surface area contributed by atoms with Crippen molar-refractivity contribution in [1.82, 2.24) is 10.2 Å². The third-order valence-corrected chi connectivity index (χ3v) is 4.51. The number of thioether (sulfide) groups is 1. The van der Waals surface area contributed by atoms with Crippen molar-refractivity contribution in [2.24, 2.45) is 5.41 Å². The zero-order chi connectivity index (χ0) is 13.9. The lowest BCUT2D eigenvalue weighted by atomic mass is 9.81. The molecule has 0 aromatic heterocycles. The first-order chi connectivity index (χ1) is 9.02. The van der Waals surface area contributed by atoms with Crippen molar-refractivity contribution < 1.29 is 0 Å². The van der Waals surface area contributed by atoms with E-state index in [1.165, 1.54) is 10.5 Å². The van der Waals surface area contributed by atoms with Crippen LogP contribution in [-0.2, 0) is 0 Å². The molecule has 0 radical (unpaired) electrons. The largest absolute Gasteiger partial charge is 0.314 e. The van der Waals surface area contributed by atoms with Crippen LogP contribution in [-0.4, -0.2) is 37.3 Å². The maximum atomic E-state index is 3.45. The molecule has 0 amide bonds. The van der Waals surface area contributed by atoms with E-state index in [2.05, 4.69) is 61.5 Å². The van der Waals surface area contributed by atoms with Crippen molar-refractivity contribution in [1.29, 1.82) is 0 Å². The number of piperazine rings is 1. The molecule has 1 aromatic carbocycles. The van der Waals surface area contributed by atoms with Crippen LogP contribution in [0.5, 0.6) is 0 Å². The van der Waals surface area contributed by atoms with Gasteiger partial charge in [-0.25, -0.2) is 0 Å². The summed E-state index contributed by atoms with van der Waals surface area (Å²) in [4.78, 5) is 3.97. The fourth-order valence-corrected chi connectivity index (χ4v) is 3.39. The summed E-state index contributed by atoms with van der Waals surface area (Å²) < 4.78 is 0. The fraction of sp³-hybridized carbons (Fsp3) is 0.625. The summed E-state index contributed by atoms with van der Waals surface area (Å²) in [7, 11) is 0. The zero-order valence-electron chi connectivity index (χ0n) is 12.6. The highest BCUT2D eigenvalue weighted by Gasteiger charge is 2.32. The van der Waals surface area contributed by atoms with Gasteiger partial charge >= 0.3 is 0 Å². The minimum atomic E-state index is 0.262. The van der Waals surface area contributed by atoms with Gasteiger partial charge in [-0.15, -0.1) is 11.8 Å². The van der Waals surface area contributed by atoms with Gasteiger partial charge in [0, 0.05) is 37.1 Å². The van der Waals surface area contributed by atoms with Gasteiger partial charge in [0.2, 0.25) is 0 Å². The molecule has 2 nitrogen and oxygen atoms in total. The summed E-state index contributed by atoms with van der Waals surface area (Å²) in [6.07, 6.45) is 2.13. The Bertz CT molecular complexity index is 388. The maximum Gasteiger partial charge on any atom is 0.0397 e. The number of benzene rings is 1. The molecule has 0 saturated carbocycles. The highest BCUT2D eigenvalue weighted by molar-refractivity contribution is 7.98. The fourth-order valence-electron chi connectivity index (χ4n) is 2.99. The first-order valence-electron chi connectivity index (χ1n) is 7.11. The molecule has 1 aliphatic rings. The Hall–Kier alpha value is -0.510. The lowest BCUT2D eigenvalue weighted by molar-refractivity contribution is 0.0862. The van der Waals surface area contributed by atoms with E-state index in [0.29, 0.717) is 6.04 Å². The van der Waals surface area contributed by atoms with Crippen LogP contribution in [0.1, 0.15) is 32.4 Å². The molecule has 0 spiro atoms. The van der Waals surface area contributed by atoms with Gasteiger partial charge in [-0.2, -0.15) is 0 Å². The standard InChI is InChI=1S/C16H26N2S/c1-16(2,3)15(18-11-9-17-10-12-18)13-5-7-14(19-4)8-6-13/h5-8,15,17H,9-12H2,1-4H3/t15-/m0/s1. The van der Waals surface area contributed by atoms with Gasteiger partial charge < -0.3 is 5.32 Å². The minimum absolute atomic E-state index is 0.262. The summed E-state index contributed by atoms with van der Waals surface area (Å²) in [6, 6.07) is 9.63. The molecular weight excluding hydrogens is 252 g/mol. The number of nitrogens with one attached hydrogen (secondary N) is 1. The molecule has 1 aromatic rings. The van der Waals surface area contributed by atoms with Crippen molar-refractivity contribution >= 4 is 11.8 Å². The topological polar surface area (TPSA) is 15.3 Å². The summed E-state index contributed by atoms with van der Waals surface area (Å²) in [6.45, 7) is 11.6. The smallest absolute Gasteiger partial charge is 0.0397 e. The SMILES string of the molecule is CSc1ccc([C@H](N2CCNCC2)C(C)(C)C)cc1. The van der Waals surface area contributed by atoms with E-state index in [-0.39, 0.29) is 5.41 Å². The second-order valence-corrected chi connectivity index (χ2v) is 7.21. The van der Waals surface area contributed by atoms with Gasteiger partial charge in [-0.1, -0.05) is 32.9 Å². The molecule has 1 heterocycles. The predicted molar refractivity (Wildman–Crippen MR) is 84.9 cm³/mol.